The maximum Gasteiger partial charge on any atom is 0.422 e. The van der Waals surface area contributed by atoms with Crippen molar-refractivity contribution in [1.29, 1.82) is 0 Å². The molecule has 0 aliphatic rings. The summed E-state index contributed by atoms with van der Waals surface area (Å²) in [6.45, 7) is 5.92. The molecule has 0 bridgehead atoms. The molecule has 1 aromatic carbocycles. The van der Waals surface area contributed by atoms with Crippen molar-refractivity contribution in [1.82, 2.24) is 10.9 Å². The molecule has 5 heteroatoms. The van der Waals surface area contributed by atoms with Gasteiger partial charge in [-0.25, -0.2) is 10.2 Å². The van der Waals surface area contributed by atoms with E-state index in [1.54, 1.807) is 0 Å². The Hall–Kier alpha value is -1.75. The fraction of sp³-hybridized carbons (Fsp3) is 0.417. The molecule has 0 heterocycles. The molecule has 5 nitrogen and oxygen atoms in total. The number of nitrogen functional groups attached to an aromatic ring is 1. The number of nitrogens with two attached hydrogens (primary N) is 1. The van der Waals surface area contributed by atoms with Crippen molar-refractivity contribution in [2.75, 3.05) is 5.73 Å². The standard InChI is InChI=1S/C12H19N3O2/c1-12(2,3)17-11(16)15-14-8-9-5-4-6-10(13)7-9/h4-7,14H,8,13H2,1-3H3,(H,15,16). The highest BCUT2D eigenvalue weighted by atomic mass is 16.6. The summed E-state index contributed by atoms with van der Waals surface area (Å²) in [5.74, 6) is 0. The summed E-state index contributed by atoms with van der Waals surface area (Å²) in [6, 6.07) is 7.43. The average molecular weight is 237 g/mol. The Morgan fingerprint density at radius 2 is 2.12 bits per heavy atom. The highest BCUT2D eigenvalue weighted by Crippen LogP contribution is 2.07. The van der Waals surface area contributed by atoms with E-state index in [2.05, 4.69) is 10.9 Å². The van der Waals surface area contributed by atoms with Gasteiger partial charge >= 0.3 is 6.09 Å². The molecule has 94 valence electrons. The molecule has 0 saturated heterocycles. The van der Waals surface area contributed by atoms with Gasteiger partial charge in [-0.1, -0.05) is 12.1 Å². The average Bonchev–Trinajstić information content (AvgIpc) is 2.14. The quantitative estimate of drug-likeness (QED) is 0.553. The summed E-state index contributed by atoms with van der Waals surface area (Å²) in [7, 11) is 0. The van der Waals surface area contributed by atoms with Gasteiger partial charge in [0.15, 0.2) is 0 Å². The molecular weight excluding hydrogens is 218 g/mol. The molecule has 0 spiro atoms. The fourth-order valence-corrected chi connectivity index (χ4v) is 1.23. The van der Waals surface area contributed by atoms with E-state index in [0.717, 1.165) is 5.56 Å². The van der Waals surface area contributed by atoms with E-state index in [9.17, 15) is 4.79 Å². The van der Waals surface area contributed by atoms with Gasteiger partial charge in [0, 0.05) is 12.2 Å². The molecule has 0 aliphatic carbocycles. The van der Waals surface area contributed by atoms with Crippen molar-refractivity contribution < 1.29 is 9.53 Å². The van der Waals surface area contributed by atoms with Crippen LogP contribution in [0.4, 0.5) is 10.5 Å². The summed E-state index contributed by atoms with van der Waals surface area (Å²) in [5, 5.41) is 0. The molecule has 0 aromatic heterocycles. The number of hydrogen-bond donors (Lipinski definition) is 3. The lowest BCUT2D eigenvalue weighted by atomic mass is 10.2. The molecule has 0 fully saturated rings. The molecule has 1 aromatic rings. The Kier molecular flexibility index (Phi) is 4.34. The monoisotopic (exact) mass is 237 g/mol. The Morgan fingerprint density at radius 3 is 2.71 bits per heavy atom. The highest BCUT2D eigenvalue weighted by molar-refractivity contribution is 5.66. The predicted octanol–water partition coefficient (Wildman–Crippen LogP) is 1.80. The van der Waals surface area contributed by atoms with E-state index in [4.69, 9.17) is 10.5 Å². The van der Waals surface area contributed by atoms with Gasteiger partial charge in [0.1, 0.15) is 5.60 Å². The van der Waals surface area contributed by atoms with E-state index in [-0.39, 0.29) is 0 Å². The van der Waals surface area contributed by atoms with Crippen LogP contribution in [0, 0.1) is 0 Å². The number of ether oxygens (including phenoxy) is 1. The third-order valence-electron chi connectivity index (χ3n) is 1.83. The summed E-state index contributed by atoms with van der Waals surface area (Å²) in [4.78, 5) is 11.3. The molecule has 0 atom stereocenters. The molecule has 0 radical (unpaired) electrons. The van der Waals surface area contributed by atoms with Crippen LogP contribution in [0.3, 0.4) is 0 Å². The van der Waals surface area contributed by atoms with E-state index >= 15 is 0 Å². The van der Waals surface area contributed by atoms with Gasteiger partial charge < -0.3 is 10.5 Å². The minimum absolute atomic E-state index is 0.490. The number of rotatable bonds is 3. The van der Waals surface area contributed by atoms with Crippen molar-refractivity contribution in [3.8, 4) is 0 Å². The number of carbonyl (C=O) groups excluding carboxylic acids is 1. The van der Waals surface area contributed by atoms with Gasteiger partial charge in [0.25, 0.3) is 0 Å². The summed E-state index contributed by atoms with van der Waals surface area (Å²) in [6.07, 6.45) is -0.499. The largest absolute Gasteiger partial charge is 0.443 e. The van der Waals surface area contributed by atoms with Crippen LogP contribution >= 0.6 is 0 Å². The van der Waals surface area contributed by atoms with Crippen LogP contribution in [0.15, 0.2) is 24.3 Å². The van der Waals surface area contributed by atoms with Crippen LogP contribution in [0.5, 0.6) is 0 Å². The molecule has 0 aliphatic heterocycles. The number of hydrogen-bond acceptors (Lipinski definition) is 4. The van der Waals surface area contributed by atoms with Crippen LogP contribution in [-0.4, -0.2) is 11.7 Å². The first kappa shape index (κ1) is 13.3. The van der Waals surface area contributed by atoms with Gasteiger partial charge in [0.2, 0.25) is 0 Å². The molecule has 4 N–H and O–H groups in total. The van der Waals surface area contributed by atoms with Crippen LogP contribution in [-0.2, 0) is 11.3 Å². The Balaban J connectivity index is 2.31. The van der Waals surface area contributed by atoms with Crippen LogP contribution in [0.2, 0.25) is 0 Å². The molecule has 1 rings (SSSR count). The Labute approximate surface area is 101 Å². The van der Waals surface area contributed by atoms with Crippen molar-refractivity contribution in [2.24, 2.45) is 0 Å². The van der Waals surface area contributed by atoms with Crippen LogP contribution in [0.25, 0.3) is 0 Å². The fourth-order valence-electron chi connectivity index (χ4n) is 1.23. The first-order valence-electron chi connectivity index (χ1n) is 5.43. The summed E-state index contributed by atoms with van der Waals surface area (Å²) >= 11 is 0. The number of hydrazine groups is 1. The molecular formula is C12H19N3O2. The number of nitrogens with one attached hydrogen (secondary N) is 2. The topological polar surface area (TPSA) is 76.4 Å². The molecule has 1 amide bonds. The van der Waals surface area contributed by atoms with E-state index in [1.165, 1.54) is 0 Å². The second-order valence-corrected chi connectivity index (χ2v) is 4.73. The lowest BCUT2D eigenvalue weighted by molar-refractivity contribution is 0.0497. The van der Waals surface area contributed by atoms with E-state index < -0.39 is 11.7 Å². The van der Waals surface area contributed by atoms with Crippen LogP contribution in [0.1, 0.15) is 26.3 Å². The third kappa shape index (κ3) is 5.77. The van der Waals surface area contributed by atoms with Crippen molar-refractivity contribution in [2.45, 2.75) is 32.9 Å². The molecule has 0 saturated carbocycles. The third-order valence-corrected chi connectivity index (χ3v) is 1.83. The lowest BCUT2D eigenvalue weighted by Gasteiger charge is -2.19. The van der Waals surface area contributed by atoms with Crippen molar-refractivity contribution in [3.63, 3.8) is 0 Å². The second kappa shape index (κ2) is 5.54. The lowest BCUT2D eigenvalue weighted by Crippen LogP contribution is -2.40. The Bertz CT molecular complexity index is 386. The smallest absolute Gasteiger partial charge is 0.422 e. The number of anilines is 1. The van der Waals surface area contributed by atoms with Crippen molar-refractivity contribution >= 4 is 11.8 Å². The first-order chi connectivity index (χ1) is 7.87. The predicted molar refractivity (Wildman–Crippen MR) is 67.1 cm³/mol. The maximum absolute atomic E-state index is 11.3. The number of amides is 1. The van der Waals surface area contributed by atoms with Gasteiger partial charge in [-0.2, -0.15) is 0 Å². The zero-order valence-electron chi connectivity index (χ0n) is 10.4. The minimum atomic E-state index is -0.499. The molecule has 0 unspecified atom stereocenters. The van der Waals surface area contributed by atoms with Crippen molar-refractivity contribution in [3.05, 3.63) is 29.8 Å². The summed E-state index contributed by atoms with van der Waals surface area (Å²) in [5.41, 5.74) is 12.0. The molecule has 17 heavy (non-hydrogen) atoms. The summed E-state index contributed by atoms with van der Waals surface area (Å²) < 4.78 is 5.06. The zero-order valence-corrected chi connectivity index (χ0v) is 10.4. The van der Waals surface area contributed by atoms with E-state index in [1.807, 2.05) is 45.0 Å². The van der Waals surface area contributed by atoms with Gasteiger partial charge in [-0.3, -0.25) is 5.43 Å². The normalized spacial score (nSPS) is 11.0. The minimum Gasteiger partial charge on any atom is -0.443 e. The highest BCUT2D eigenvalue weighted by Gasteiger charge is 2.15. The van der Waals surface area contributed by atoms with Gasteiger partial charge in [0.05, 0.1) is 0 Å². The second-order valence-electron chi connectivity index (χ2n) is 4.73. The van der Waals surface area contributed by atoms with Crippen LogP contribution < -0.4 is 16.6 Å². The van der Waals surface area contributed by atoms with E-state index in [0.29, 0.717) is 12.2 Å². The first-order valence-corrected chi connectivity index (χ1v) is 5.43. The number of carbonyl (C=O) groups is 1. The SMILES string of the molecule is CC(C)(C)OC(=O)NNCc1cccc(N)c1. The number of benzene rings is 1. The maximum atomic E-state index is 11.3. The zero-order chi connectivity index (χ0) is 12.9. The van der Waals surface area contributed by atoms with Gasteiger partial charge in [-0.05, 0) is 38.5 Å². The van der Waals surface area contributed by atoms with Gasteiger partial charge in [-0.15, -0.1) is 0 Å². The Morgan fingerprint density at radius 1 is 1.41 bits per heavy atom.